The van der Waals surface area contributed by atoms with Crippen molar-refractivity contribution in [3.05, 3.63) is 0 Å². The lowest BCUT2D eigenvalue weighted by Gasteiger charge is -2.33. The van der Waals surface area contributed by atoms with Gasteiger partial charge in [-0.2, -0.15) is 0 Å². The number of rotatable bonds is 2. The second-order valence-corrected chi connectivity index (χ2v) is 4.77. The molecule has 92 valence electrons. The second kappa shape index (κ2) is 5.64. The van der Waals surface area contributed by atoms with Gasteiger partial charge in [-0.3, -0.25) is 4.79 Å². The molecule has 16 heavy (non-hydrogen) atoms. The number of nitrogens with one attached hydrogen (secondary N) is 1. The Hall–Kier alpha value is -0.610. The lowest BCUT2D eigenvalue weighted by Crippen LogP contribution is -2.45. The maximum Gasteiger partial charge on any atom is 0.225 e. The van der Waals surface area contributed by atoms with Crippen LogP contribution in [0.5, 0.6) is 0 Å². The maximum absolute atomic E-state index is 12.2. The van der Waals surface area contributed by atoms with Crippen molar-refractivity contribution in [3.8, 4) is 0 Å². The second-order valence-electron chi connectivity index (χ2n) is 4.77. The Labute approximate surface area is 97.3 Å². The van der Waals surface area contributed by atoms with E-state index >= 15 is 0 Å². The fourth-order valence-electron chi connectivity index (χ4n) is 2.67. The van der Waals surface area contributed by atoms with E-state index in [9.17, 15) is 4.79 Å². The molecule has 0 spiro atoms. The highest BCUT2D eigenvalue weighted by Gasteiger charge is 2.29. The summed E-state index contributed by atoms with van der Waals surface area (Å²) in [5, 5.41) is 3.30. The van der Waals surface area contributed by atoms with E-state index in [4.69, 9.17) is 4.74 Å². The third-order valence-electron chi connectivity index (χ3n) is 3.81. The van der Waals surface area contributed by atoms with Crippen LogP contribution in [0.4, 0.5) is 0 Å². The Morgan fingerprint density at radius 1 is 1.19 bits per heavy atom. The third-order valence-corrected chi connectivity index (χ3v) is 3.81. The quantitative estimate of drug-likeness (QED) is 0.750. The summed E-state index contributed by atoms with van der Waals surface area (Å²) in [5.74, 6) is 0.626. The molecule has 1 amide bonds. The first-order valence-corrected chi connectivity index (χ1v) is 6.35. The Morgan fingerprint density at radius 2 is 1.81 bits per heavy atom. The number of nitrogens with zero attached hydrogens (tertiary/aromatic N) is 1. The molecule has 2 rings (SSSR count). The Bertz CT molecular complexity index is 231. The molecule has 1 aliphatic carbocycles. The Kier molecular flexibility index (Phi) is 4.18. The van der Waals surface area contributed by atoms with Gasteiger partial charge in [0.15, 0.2) is 0 Å². The van der Waals surface area contributed by atoms with Gasteiger partial charge >= 0.3 is 0 Å². The highest BCUT2D eigenvalue weighted by Crippen LogP contribution is 2.26. The van der Waals surface area contributed by atoms with Crippen LogP contribution < -0.4 is 5.32 Å². The van der Waals surface area contributed by atoms with Gasteiger partial charge in [-0.1, -0.05) is 0 Å². The molecule has 0 aromatic carbocycles. The zero-order chi connectivity index (χ0) is 11.4. The van der Waals surface area contributed by atoms with E-state index in [-0.39, 0.29) is 5.92 Å². The number of hydrogen-bond acceptors (Lipinski definition) is 3. The van der Waals surface area contributed by atoms with E-state index in [1.54, 1.807) is 0 Å². The van der Waals surface area contributed by atoms with Crippen LogP contribution in [-0.4, -0.2) is 50.2 Å². The summed E-state index contributed by atoms with van der Waals surface area (Å²) in [4.78, 5) is 14.2. The summed E-state index contributed by atoms with van der Waals surface area (Å²) in [6, 6.07) is 0.619. The van der Waals surface area contributed by atoms with Gasteiger partial charge < -0.3 is 15.0 Å². The van der Waals surface area contributed by atoms with Gasteiger partial charge in [0.05, 0.1) is 13.2 Å². The minimum Gasteiger partial charge on any atom is -0.378 e. The first-order chi connectivity index (χ1) is 7.81. The number of morpholine rings is 1. The molecule has 0 aromatic rings. The standard InChI is InChI=1S/C12H22N2O2/c1-13-11-4-2-10(3-5-11)12(15)14-6-8-16-9-7-14/h10-11,13H,2-9H2,1H3. The summed E-state index contributed by atoms with van der Waals surface area (Å²) < 4.78 is 5.27. The molecule has 2 fully saturated rings. The maximum atomic E-state index is 12.2. The van der Waals surface area contributed by atoms with E-state index in [0.717, 1.165) is 38.8 Å². The topological polar surface area (TPSA) is 41.6 Å². The smallest absolute Gasteiger partial charge is 0.225 e. The molecule has 0 atom stereocenters. The molecule has 1 aliphatic heterocycles. The van der Waals surface area contributed by atoms with E-state index in [1.165, 1.54) is 0 Å². The van der Waals surface area contributed by atoms with Crippen LogP contribution in [0.3, 0.4) is 0 Å². The van der Waals surface area contributed by atoms with Gasteiger partial charge in [-0.15, -0.1) is 0 Å². The van der Waals surface area contributed by atoms with Crippen LogP contribution in [0.1, 0.15) is 25.7 Å². The lowest BCUT2D eigenvalue weighted by atomic mass is 9.85. The molecule has 1 heterocycles. The van der Waals surface area contributed by atoms with Crippen LogP contribution in [0, 0.1) is 5.92 Å². The average molecular weight is 226 g/mol. The predicted octanol–water partition coefficient (Wildman–Crippen LogP) is 0.623. The van der Waals surface area contributed by atoms with Gasteiger partial charge in [-0.05, 0) is 32.7 Å². The minimum absolute atomic E-state index is 0.266. The number of ether oxygens (including phenoxy) is 1. The molecular formula is C12H22N2O2. The first-order valence-electron chi connectivity index (χ1n) is 6.35. The molecule has 1 saturated heterocycles. The molecule has 0 aromatic heterocycles. The molecule has 1 N–H and O–H groups in total. The molecule has 2 aliphatic rings. The van der Waals surface area contributed by atoms with E-state index in [2.05, 4.69) is 5.32 Å². The molecule has 0 unspecified atom stereocenters. The summed E-state index contributed by atoms with van der Waals surface area (Å²) in [6.07, 6.45) is 4.36. The van der Waals surface area contributed by atoms with Crippen LogP contribution in [0.15, 0.2) is 0 Å². The normalized spacial score (nSPS) is 31.4. The van der Waals surface area contributed by atoms with Crippen molar-refractivity contribution < 1.29 is 9.53 Å². The van der Waals surface area contributed by atoms with E-state index < -0.39 is 0 Å². The van der Waals surface area contributed by atoms with Crippen molar-refractivity contribution in [3.63, 3.8) is 0 Å². The van der Waals surface area contributed by atoms with Crippen LogP contribution >= 0.6 is 0 Å². The van der Waals surface area contributed by atoms with Crippen molar-refractivity contribution in [1.29, 1.82) is 0 Å². The van der Waals surface area contributed by atoms with Crippen LogP contribution in [-0.2, 0) is 9.53 Å². The van der Waals surface area contributed by atoms with Gasteiger partial charge in [0.2, 0.25) is 5.91 Å². The van der Waals surface area contributed by atoms with Crippen LogP contribution in [0.2, 0.25) is 0 Å². The van der Waals surface area contributed by atoms with E-state index in [1.807, 2.05) is 11.9 Å². The van der Waals surface area contributed by atoms with Crippen LogP contribution in [0.25, 0.3) is 0 Å². The Balaban J connectivity index is 1.81. The van der Waals surface area contributed by atoms with Crippen molar-refractivity contribution in [2.75, 3.05) is 33.4 Å². The first kappa shape index (κ1) is 11.9. The molecular weight excluding hydrogens is 204 g/mol. The average Bonchev–Trinajstić information content (AvgIpc) is 2.39. The molecule has 4 nitrogen and oxygen atoms in total. The fraction of sp³-hybridized carbons (Fsp3) is 0.917. The summed E-state index contributed by atoms with van der Waals surface area (Å²) in [6.45, 7) is 2.98. The van der Waals surface area contributed by atoms with Gasteiger partial charge in [0.1, 0.15) is 0 Å². The number of amides is 1. The molecule has 1 saturated carbocycles. The van der Waals surface area contributed by atoms with Gasteiger partial charge in [0, 0.05) is 25.0 Å². The number of hydrogen-bond donors (Lipinski definition) is 1. The fourth-order valence-corrected chi connectivity index (χ4v) is 2.67. The monoisotopic (exact) mass is 226 g/mol. The minimum atomic E-state index is 0.266. The Morgan fingerprint density at radius 3 is 2.38 bits per heavy atom. The zero-order valence-electron chi connectivity index (χ0n) is 10.1. The highest BCUT2D eigenvalue weighted by atomic mass is 16.5. The number of carbonyl (C=O) groups excluding carboxylic acids is 1. The van der Waals surface area contributed by atoms with Gasteiger partial charge in [-0.25, -0.2) is 0 Å². The summed E-state index contributed by atoms with van der Waals surface area (Å²) in [7, 11) is 2.01. The van der Waals surface area contributed by atoms with Crippen molar-refractivity contribution in [1.82, 2.24) is 10.2 Å². The highest BCUT2D eigenvalue weighted by molar-refractivity contribution is 5.79. The third kappa shape index (κ3) is 2.74. The van der Waals surface area contributed by atoms with Crippen molar-refractivity contribution >= 4 is 5.91 Å². The molecule has 4 heteroatoms. The predicted molar refractivity (Wildman–Crippen MR) is 62.2 cm³/mol. The summed E-state index contributed by atoms with van der Waals surface area (Å²) >= 11 is 0. The molecule has 0 bridgehead atoms. The lowest BCUT2D eigenvalue weighted by molar-refractivity contribution is -0.140. The van der Waals surface area contributed by atoms with E-state index in [0.29, 0.717) is 25.2 Å². The molecule has 0 radical (unpaired) electrons. The SMILES string of the molecule is CNC1CCC(C(=O)N2CCOCC2)CC1. The largest absolute Gasteiger partial charge is 0.378 e. The number of carbonyl (C=O) groups is 1. The zero-order valence-corrected chi connectivity index (χ0v) is 10.1. The van der Waals surface area contributed by atoms with Gasteiger partial charge in [0.25, 0.3) is 0 Å². The van der Waals surface area contributed by atoms with Crippen molar-refractivity contribution in [2.45, 2.75) is 31.7 Å². The summed E-state index contributed by atoms with van der Waals surface area (Å²) in [5.41, 5.74) is 0. The van der Waals surface area contributed by atoms with Crippen molar-refractivity contribution in [2.24, 2.45) is 5.92 Å².